The maximum Gasteiger partial charge on any atom is 0.325 e. The summed E-state index contributed by atoms with van der Waals surface area (Å²) in [5, 5.41) is 0. The number of aromatic nitrogens is 1. The van der Waals surface area contributed by atoms with Crippen molar-refractivity contribution >= 4 is 33.4 Å². The molecule has 4 rings (SSSR count). The average molecular weight is 428 g/mol. The Bertz CT molecular complexity index is 1180. The number of ether oxygens (including phenoxy) is 4. The lowest BCUT2D eigenvalue weighted by Crippen LogP contribution is -2.43. The normalized spacial score (nSPS) is 18.3. The van der Waals surface area contributed by atoms with Crippen molar-refractivity contribution in [3.63, 3.8) is 0 Å². The van der Waals surface area contributed by atoms with E-state index < -0.39 is 24.1 Å². The van der Waals surface area contributed by atoms with Crippen molar-refractivity contribution in [2.24, 2.45) is 4.99 Å². The predicted octanol–water partition coefficient (Wildman–Crippen LogP) is 2.54. The summed E-state index contributed by atoms with van der Waals surface area (Å²) in [5.41, 5.74) is 0.747. The second kappa shape index (κ2) is 8.19. The maximum absolute atomic E-state index is 13.0. The number of hydrogen-bond acceptors (Lipinski definition) is 7. The molecular weight excluding hydrogens is 408 g/mol. The van der Waals surface area contributed by atoms with E-state index in [9.17, 15) is 9.59 Å². The molecule has 2 aromatic carbocycles. The Morgan fingerprint density at radius 1 is 1.13 bits per heavy atom. The van der Waals surface area contributed by atoms with Crippen LogP contribution in [0.2, 0.25) is 0 Å². The minimum absolute atomic E-state index is 0.0741. The Balaban J connectivity index is 1.74. The van der Waals surface area contributed by atoms with E-state index in [0.717, 1.165) is 10.2 Å². The highest BCUT2D eigenvalue weighted by Crippen LogP contribution is 2.33. The highest BCUT2D eigenvalue weighted by molar-refractivity contribution is 7.16. The molecule has 1 aliphatic heterocycles. The van der Waals surface area contributed by atoms with Crippen LogP contribution in [0.4, 0.5) is 0 Å². The Morgan fingerprint density at radius 2 is 1.87 bits per heavy atom. The summed E-state index contributed by atoms with van der Waals surface area (Å²) >= 11 is 1.28. The van der Waals surface area contributed by atoms with Crippen LogP contribution < -0.4 is 19.0 Å². The first-order valence-electron chi connectivity index (χ1n) is 9.25. The van der Waals surface area contributed by atoms with Crippen LogP contribution in [0.5, 0.6) is 17.2 Å². The highest BCUT2D eigenvalue weighted by Gasteiger charge is 2.34. The number of esters is 1. The van der Waals surface area contributed by atoms with Gasteiger partial charge in [0.25, 0.3) is 5.91 Å². The van der Waals surface area contributed by atoms with Gasteiger partial charge in [0.15, 0.2) is 16.3 Å². The molecule has 0 radical (unpaired) electrons. The molecule has 0 spiro atoms. The van der Waals surface area contributed by atoms with Crippen LogP contribution in [0.3, 0.4) is 0 Å². The second-order valence-electron chi connectivity index (χ2n) is 6.64. The number of nitrogens with zero attached hydrogens (tertiary/aromatic N) is 2. The highest BCUT2D eigenvalue weighted by atomic mass is 32.1. The van der Waals surface area contributed by atoms with Gasteiger partial charge in [-0.2, -0.15) is 4.99 Å². The van der Waals surface area contributed by atoms with Crippen LogP contribution in [-0.4, -0.2) is 42.9 Å². The number of benzene rings is 2. The Morgan fingerprint density at radius 3 is 2.57 bits per heavy atom. The molecular formula is C21H20N2O6S. The summed E-state index contributed by atoms with van der Waals surface area (Å²) in [6, 6.07) is 12.6. The fourth-order valence-corrected chi connectivity index (χ4v) is 4.22. The Hall–Kier alpha value is -3.33. The molecule has 9 heteroatoms. The average Bonchev–Trinajstić information content (AvgIpc) is 3.08. The summed E-state index contributed by atoms with van der Waals surface area (Å²) in [5.74, 6) is 0.811. The monoisotopic (exact) mass is 428 g/mol. The van der Waals surface area contributed by atoms with Crippen molar-refractivity contribution in [1.82, 2.24) is 4.57 Å². The van der Waals surface area contributed by atoms with Gasteiger partial charge in [-0.15, -0.1) is 0 Å². The minimum atomic E-state index is -0.897. The van der Waals surface area contributed by atoms with Crippen molar-refractivity contribution in [1.29, 1.82) is 0 Å². The topological polar surface area (TPSA) is 88.4 Å². The van der Waals surface area contributed by atoms with Crippen molar-refractivity contribution in [3.05, 3.63) is 47.3 Å². The van der Waals surface area contributed by atoms with Gasteiger partial charge < -0.3 is 23.5 Å². The number of carbonyl (C=O) groups is 2. The van der Waals surface area contributed by atoms with Crippen molar-refractivity contribution < 1.29 is 28.5 Å². The molecule has 0 N–H and O–H groups in total. The molecule has 3 aromatic rings. The second-order valence-corrected chi connectivity index (χ2v) is 7.65. The summed E-state index contributed by atoms with van der Waals surface area (Å²) in [4.78, 5) is 29.6. The molecule has 1 aromatic heterocycles. The summed E-state index contributed by atoms with van der Waals surface area (Å²) < 4.78 is 24.2. The Kier molecular flexibility index (Phi) is 5.45. The molecule has 0 fully saturated rings. The van der Waals surface area contributed by atoms with Gasteiger partial charge in [0.05, 0.1) is 24.4 Å². The quantitative estimate of drug-likeness (QED) is 0.594. The van der Waals surface area contributed by atoms with Gasteiger partial charge in [-0.05, 0) is 37.3 Å². The molecule has 8 nitrogen and oxygen atoms in total. The van der Waals surface area contributed by atoms with Gasteiger partial charge in [0, 0.05) is 0 Å². The number of para-hydroxylation sites is 2. The van der Waals surface area contributed by atoms with Gasteiger partial charge >= 0.3 is 5.97 Å². The first kappa shape index (κ1) is 20.0. The molecule has 1 amide bonds. The van der Waals surface area contributed by atoms with Crippen molar-refractivity contribution in [2.75, 3.05) is 14.2 Å². The molecule has 1 aliphatic rings. The van der Waals surface area contributed by atoms with Crippen LogP contribution in [-0.2, 0) is 20.9 Å². The van der Waals surface area contributed by atoms with E-state index in [1.54, 1.807) is 42.9 Å². The number of methoxy groups -OCH3 is 2. The third kappa shape index (κ3) is 3.76. The van der Waals surface area contributed by atoms with E-state index in [4.69, 9.17) is 18.9 Å². The smallest absolute Gasteiger partial charge is 0.325 e. The maximum atomic E-state index is 13.0. The molecule has 0 bridgehead atoms. The number of thiazole rings is 1. The fraction of sp³-hybridized carbons (Fsp3) is 0.286. The number of rotatable bonds is 4. The molecule has 30 heavy (non-hydrogen) atoms. The molecule has 0 saturated heterocycles. The first-order chi connectivity index (χ1) is 14.5. The van der Waals surface area contributed by atoms with Gasteiger partial charge in [0.2, 0.25) is 6.10 Å². The van der Waals surface area contributed by atoms with Crippen molar-refractivity contribution in [3.8, 4) is 17.2 Å². The van der Waals surface area contributed by atoms with Crippen LogP contribution in [0.15, 0.2) is 47.5 Å². The standard InChI is InChI=1S/C21H20N2O6S/c1-12-19(29-16-7-5-4-6-15(16)28-12)20(25)22-21-23(11-18(24)27-3)14-9-8-13(26-2)10-17(14)30-21/h4-10,12,19H,11H2,1-3H3. The lowest BCUT2D eigenvalue weighted by atomic mass is 10.1. The van der Waals surface area contributed by atoms with E-state index in [0.29, 0.717) is 22.0 Å². The lowest BCUT2D eigenvalue weighted by Gasteiger charge is -2.29. The van der Waals surface area contributed by atoms with E-state index in [1.165, 1.54) is 18.4 Å². The van der Waals surface area contributed by atoms with Gasteiger partial charge in [0.1, 0.15) is 18.4 Å². The van der Waals surface area contributed by atoms with Crippen LogP contribution in [0.25, 0.3) is 10.2 Å². The number of carbonyl (C=O) groups excluding carboxylic acids is 2. The number of hydrogen-bond donors (Lipinski definition) is 0. The zero-order valence-corrected chi connectivity index (χ0v) is 17.5. The predicted molar refractivity (Wildman–Crippen MR) is 110 cm³/mol. The SMILES string of the molecule is COC(=O)Cn1c(=NC(=O)C2Oc3ccccc3OC2C)sc2cc(OC)ccc21. The van der Waals surface area contributed by atoms with Gasteiger partial charge in [-0.1, -0.05) is 23.5 Å². The molecule has 0 aliphatic carbocycles. The van der Waals surface area contributed by atoms with E-state index >= 15 is 0 Å². The van der Waals surface area contributed by atoms with Crippen LogP contribution in [0.1, 0.15) is 6.92 Å². The van der Waals surface area contributed by atoms with Gasteiger partial charge in [-0.25, -0.2) is 0 Å². The fourth-order valence-electron chi connectivity index (χ4n) is 3.16. The van der Waals surface area contributed by atoms with E-state index in [-0.39, 0.29) is 6.54 Å². The summed E-state index contributed by atoms with van der Waals surface area (Å²) in [6.45, 7) is 1.68. The molecule has 2 atom stereocenters. The minimum Gasteiger partial charge on any atom is -0.497 e. The van der Waals surface area contributed by atoms with Crippen LogP contribution >= 0.6 is 11.3 Å². The largest absolute Gasteiger partial charge is 0.497 e. The zero-order valence-electron chi connectivity index (χ0n) is 16.7. The first-order valence-corrected chi connectivity index (χ1v) is 10.1. The lowest BCUT2D eigenvalue weighted by molar-refractivity contribution is -0.141. The number of amides is 1. The zero-order chi connectivity index (χ0) is 21.3. The molecule has 2 heterocycles. The number of fused-ring (bicyclic) bond motifs is 2. The Labute approximate surface area is 176 Å². The third-order valence-corrected chi connectivity index (χ3v) is 5.74. The molecule has 156 valence electrons. The molecule has 0 saturated carbocycles. The van der Waals surface area contributed by atoms with Crippen LogP contribution in [0, 0.1) is 0 Å². The third-order valence-electron chi connectivity index (χ3n) is 4.70. The van der Waals surface area contributed by atoms with Gasteiger partial charge in [-0.3, -0.25) is 9.59 Å². The summed E-state index contributed by atoms with van der Waals surface area (Å²) in [7, 11) is 2.89. The van der Waals surface area contributed by atoms with E-state index in [1.807, 2.05) is 18.2 Å². The summed E-state index contributed by atoms with van der Waals surface area (Å²) in [6.07, 6.45) is -1.41. The van der Waals surface area contributed by atoms with Crippen molar-refractivity contribution in [2.45, 2.75) is 25.7 Å². The molecule has 2 unspecified atom stereocenters. The van der Waals surface area contributed by atoms with E-state index in [2.05, 4.69) is 4.99 Å².